The van der Waals surface area contributed by atoms with Crippen molar-refractivity contribution < 1.29 is 15.0 Å². The number of hydrogen-bond acceptors (Lipinski definition) is 3. The van der Waals surface area contributed by atoms with Crippen molar-refractivity contribution in [3.05, 3.63) is 36.3 Å². The van der Waals surface area contributed by atoms with Gasteiger partial charge in [0, 0.05) is 6.20 Å². The number of carbonyl (C=O) groups is 1. The van der Waals surface area contributed by atoms with E-state index < -0.39 is 12.1 Å². The number of aliphatic carboxylic acids is 1. The van der Waals surface area contributed by atoms with Crippen molar-refractivity contribution in [1.82, 2.24) is 9.38 Å². The minimum atomic E-state index is -1.03. The van der Waals surface area contributed by atoms with Crippen LogP contribution in [-0.4, -0.2) is 25.6 Å². The summed E-state index contributed by atoms with van der Waals surface area (Å²) >= 11 is 0. The number of fused-ring (bicyclic) bond motifs is 1. The summed E-state index contributed by atoms with van der Waals surface area (Å²) in [5.74, 6) is -1.03. The van der Waals surface area contributed by atoms with E-state index in [0.29, 0.717) is 11.3 Å². The van der Waals surface area contributed by atoms with E-state index in [1.54, 1.807) is 22.7 Å². The molecule has 0 aliphatic carbocycles. The smallest absolute Gasteiger partial charge is 0.306 e. The Morgan fingerprint density at radius 1 is 1.53 bits per heavy atom. The Morgan fingerprint density at radius 2 is 2.33 bits per heavy atom. The number of aromatic nitrogens is 2. The third-order valence-electron chi connectivity index (χ3n) is 2.16. The molecule has 5 heteroatoms. The van der Waals surface area contributed by atoms with E-state index in [4.69, 9.17) is 5.11 Å². The van der Waals surface area contributed by atoms with Gasteiger partial charge in [-0.1, -0.05) is 6.07 Å². The van der Waals surface area contributed by atoms with Gasteiger partial charge in [0.25, 0.3) is 0 Å². The molecular formula is C10H10N2O3. The molecule has 78 valence electrons. The monoisotopic (exact) mass is 206 g/mol. The lowest BCUT2D eigenvalue weighted by Gasteiger charge is -2.06. The lowest BCUT2D eigenvalue weighted by Crippen LogP contribution is -2.07. The third-order valence-corrected chi connectivity index (χ3v) is 2.16. The van der Waals surface area contributed by atoms with Crippen LogP contribution in [-0.2, 0) is 4.79 Å². The third kappa shape index (κ3) is 1.82. The highest BCUT2D eigenvalue weighted by Crippen LogP contribution is 2.17. The number of carboxylic acid groups (broad SMARTS) is 1. The second-order valence-corrected chi connectivity index (χ2v) is 3.23. The second-order valence-electron chi connectivity index (χ2n) is 3.23. The Hall–Kier alpha value is -1.88. The van der Waals surface area contributed by atoms with Crippen molar-refractivity contribution in [2.24, 2.45) is 0 Å². The van der Waals surface area contributed by atoms with Crippen molar-refractivity contribution in [2.75, 3.05) is 0 Å². The van der Waals surface area contributed by atoms with Gasteiger partial charge < -0.3 is 14.6 Å². The predicted octanol–water partition coefficient (Wildman–Crippen LogP) is 0.842. The highest BCUT2D eigenvalue weighted by molar-refractivity contribution is 5.67. The fraction of sp³-hybridized carbons (Fsp3) is 0.200. The van der Waals surface area contributed by atoms with E-state index in [-0.39, 0.29) is 6.42 Å². The van der Waals surface area contributed by atoms with Crippen LogP contribution in [0.15, 0.2) is 30.6 Å². The molecule has 5 nitrogen and oxygen atoms in total. The van der Waals surface area contributed by atoms with Crippen molar-refractivity contribution in [2.45, 2.75) is 12.5 Å². The summed E-state index contributed by atoms with van der Waals surface area (Å²) in [5, 5.41) is 18.2. The van der Waals surface area contributed by atoms with E-state index in [1.165, 1.54) is 6.20 Å². The van der Waals surface area contributed by atoms with Crippen molar-refractivity contribution >= 4 is 11.6 Å². The number of carboxylic acids is 1. The number of nitrogens with zero attached hydrogens (tertiary/aromatic N) is 2. The van der Waals surface area contributed by atoms with Gasteiger partial charge in [0.05, 0.1) is 18.3 Å². The van der Waals surface area contributed by atoms with E-state index in [2.05, 4.69) is 4.98 Å². The van der Waals surface area contributed by atoms with Crippen molar-refractivity contribution in [3.63, 3.8) is 0 Å². The molecule has 0 fully saturated rings. The zero-order valence-corrected chi connectivity index (χ0v) is 7.87. The Kier molecular flexibility index (Phi) is 2.39. The molecule has 15 heavy (non-hydrogen) atoms. The molecule has 0 aliphatic heterocycles. The maximum atomic E-state index is 10.5. The number of aliphatic hydroxyl groups excluding tert-OH is 1. The average Bonchev–Trinajstić information content (AvgIpc) is 2.59. The predicted molar refractivity (Wildman–Crippen MR) is 52.4 cm³/mol. The van der Waals surface area contributed by atoms with Gasteiger partial charge in [0.1, 0.15) is 11.8 Å². The van der Waals surface area contributed by atoms with Crippen LogP contribution in [0.1, 0.15) is 18.2 Å². The van der Waals surface area contributed by atoms with Gasteiger partial charge in [-0.05, 0) is 12.1 Å². The van der Waals surface area contributed by atoms with Gasteiger partial charge >= 0.3 is 5.97 Å². The fourth-order valence-electron chi connectivity index (χ4n) is 1.47. The van der Waals surface area contributed by atoms with Crippen molar-refractivity contribution in [3.8, 4) is 0 Å². The van der Waals surface area contributed by atoms with Gasteiger partial charge in [0.15, 0.2) is 0 Å². The fourth-order valence-corrected chi connectivity index (χ4v) is 1.47. The van der Waals surface area contributed by atoms with Gasteiger partial charge in [0.2, 0.25) is 0 Å². The summed E-state index contributed by atoms with van der Waals surface area (Å²) in [7, 11) is 0. The molecule has 1 atom stereocenters. The molecule has 0 radical (unpaired) electrons. The molecular weight excluding hydrogens is 196 g/mol. The number of pyridine rings is 1. The van der Waals surface area contributed by atoms with Crippen LogP contribution in [0.4, 0.5) is 0 Å². The molecule has 0 saturated carbocycles. The first-order chi connectivity index (χ1) is 7.18. The van der Waals surface area contributed by atoms with Gasteiger partial charge in [-0.25, -0.2) is 4.98 Å². The van der Waals surface area contributed by atoms with Crippen LogP contribution >= 0.6 is 0 Å². The topological polar surface area (TPSA) is 74.8 Å². The number of aliphatic hydroxyl groups is 1. The van der Waals surface area contributed by atoms with Crippen LogP contribution in [0.25, 0.3) is 5.65 Å². The molecule has 0 unspecified atom stereocenters. The maximum absolute atomic E-state index is 10.5. The molecule has 0 bridgehead atoms. The van der Waals surface area contributed by atoms with E-state index in [1.807, 2.05) is 6.07 Å². The van der Waals surface area contributed by atoms with Crippen LogP contribution in [0.2, 0.25) is 0 Å². The van der Waals surface area contributed by atoms with E-state index in [9.17, 15) is 9.90 Å². The molecule has 0 aliphatic rings. The van der Waals surface area contributed by atoms with Gasteiger partial charge in [-0.2, -0.15) is 0 Å². The highest BCUT2D eigenvalue weighted by Gasteiger charge is 2.15. The molecule has 0 spiro atoms. The molecule has 2 N–H and O–H groups in total. The minimum Gasteiger partial charge on any atom is -0.481 e. The molecule has 2 aromatic heterocycles. The molecule has 2 aromatic rings. The summed E-state index contributed by atoms with van der Waals surface area (Å²) in [6.45, 7) is 0. The standard InChI is InChI=1S/C10H10N2O3/c13-8(5-10(14)15)7-6-11-9-3-1-2-4-12(7)9/h1-4,6,8,13H,5H2,(H,14,15)/t8-/m0/s1. The Labute approximate surface area is 85.6 Å². The summed E-state index contributed by atoms with van der Waals surface area (Å²) in [4.78, 5) is 14.5. The molecule has 2 heterocycles. The summed E-state index contributed by atoms with van der Waals surface area (Å²) in [6, 6.07) is 5.42. The first-order valence-corrected chi connectivity index (χ1v) is 4.50. The van der Waals surface area contributed by atoms with E-state index >= 15 is 0 Å². The number of hydrogen-bond donors (Lipinski definition) is 2. The van der Waals surface area contributed by atoms with E-state index in [0.717, 1.165) is 0 Å². The lowest BCUT2D eigenvalue weighted by atomic mass is 10.2. The summed E-state index contributed by atoms with van der Waals surface area (Å²) in [6.07, 6.45) is 1.88. The molecule has 0 amide bonds. The maximum Gasteiger partial charge on any atom is 0.306 e. The van der Waals surface area contributed by atoms with Gasteiger partial charge in [-0.3, -0.25) is 4.79 Å². The molecule has 0 aromatic carbocycles. The van der Waals surface area contributed by atoms with Crippen LogP contribution in [0, 0.1) is 0 Å². The highest BCUT2D eigenvalue weighted by atomic mass is 16.4. The first kappa shape index (κ1) is 9.67. The second kappa shape index (κ2) is 3.70. The summed E-state index contributed by atoms with van der Waals surface area (Å²) < 4.78 is 1.67. The largest absolute Gasteiger partial charge is 0.481 e. The lowest BCUT2D eigenvalue weighted by molar-refractivity contribution is -0.139. The quantitative estimate of drug-likeness (QED) is 0.780. The zero-order chi connectivity index (χ0) is 10.8. The number of rotatable bonds is 3. The number of imidazole rings is 1. The minimum absolute atomic E-state index is 0.317. The van der Waals surface area contributed by atoms with Crippen LogP contribution in [0.3, 0.4) is 0 Å². The van der Waals surface area contributed by atoms with Crippen LogP contribution < -0.4 is 0 Å². The van der Waals surface area contributed by atoms with Crippen LogP contribution in [0.5, 0.6) is 0 Å². The van der Waals surface area contributed by atoms with Crippen molar-refractivity contribution in [1.29, 1.82) is 0 Å². The Balaban J connectivity index is 2.39. The Morgan fingerprint density at radius 3 is 3.07 bits per heavy atom. The zero-order valence-electron chi connectivity index (χ0n) is 7.87. The average molecular weight is 206 g/mol. The molecule has 0 saturated heterocycles. The Bertz CT molecular complexity index is 492. The normalized spacial score (nSPS) is 12.9. The SMILES string of the molecule is O=C(O)C[C@H](O)c1cnc2ccccn12. The first-order valence-electron chi connectivity index (χ1n) is 4.50. The molecule has 2 rings (SSSR count). The summed E-state index contributed by atoms with van der Waals surface area (Å²) in [5.41, 5.74) is 1.19. The van der Waals surface area contributed by atoms with Gasteiger partial charge in [-0.15, -0.1) is 0 Å².